The molecule has 1 unspecified atom stereocenters. The molecule has 1 heterocycles. The summed E-state index contributed by atoms with van der Waals surface area (Å²) in [5.41, 5.74) is 2.09. The summed E-state index contributed by atoms with van der Waals surface area (Å²) in [7, 11) is 0. The van der Waals surface area contributed by atoms with Crippen molar-refractivity contribution in [1.29, 1.82) is 0 Å². The van der Waals surface area contributed by atoms with E-state index in [-0.39, 0.29) is 33.1 Å². The number of alkyl halides is 3. The molecule has 0 saturated heterocycles. The van der Waals surface area contributed by atoms with Crippen molar-refractivity contribution >= 4 is 58.6 Å². The fraction of sp³-hybridized carbons (Fsp3) is 0.417. The molecular weight excluding hydrogens is 544 g/mol. The van der Waals surface area contributed by atoms with Crippen molar-refractivity contribution in [3.63, 3.8) is 0 Å². The van der Waals surface area contributed by atoms with Crippen molar-refractivity contribution in [2.45, 2.75) is 62.6 Å². The minimum Gasteiger partial charge on any atom is -0.444 e. The molecule has 4 nitrogen and oxygen atoms in total. The number of alkyl carbamates (subject to hydrolysis) is 1. The number of rotatable bonds is 3. The first-order chi connectivity index (χ1) is 16.2. The lowest BCUT2D eigenvalue weighted by atomic mass is 9.89. The Kier molecular flexibility index (Phi) is 7.07. The monoisotopic (exact) mass is 564 g/mol. The number of amides is 1. The van der Waals surface area contributed by atoms with E-state index in [0.717, 1.165) is 11.1 Å². The Labute approximate surface area is 220 Å². The average molecular weight is 566 g/mol. The van der Waals surface area contributed by atoms with Gasteiger partial charge in [-0.25, -0.2) is 9.19 Å². The van der Waals surface area contributed by atoms with Crippen LogP contribution in [-0.2, 0) is 15.9 Å². The van der Waals surface area contributed by atoms with Gasteiger partial charge in [0.2, 0.25) is 0 Å². The number of ether oxygens (including phenoxy) is 1. The van der Waals surface area contributed by atoms with E-state index >= 15 is 0 Å². The highest BCUT2D eigenvalue weighted by molar-refractivity contribution is 7.99. The molecule has 188 valence electrons. The van der Waals surface area contributed by atoms with E-state index in [1.54, 1.807) is 26.8 Å². The average Bonchev–Trinajstić information content (AvgIpc) is 3.35. The predicted molar refractivity (Wildman–Crippen MR) is 135 cm³/mol. The molecule has 0 radical (unpaired) electrons. The van der Waals surface area contributed by atoms with E-state index in [9.17, 15) is 18.0 Å². The van der Waals surface area contributed by atoms with Gasteiger partial charge >= 0.3 is 12.3 Å². The van der Waals surface area contributed by atoms with Crippen LogP contribution in [0.4, 0.5) is 18.0 Å². The molecule has 4 rings (SSSR count). The van der Waals surface area contributed by atoms with Crippen LogP contribution in [0, 0.1) is 0 Å². The molecule has 2 aromatic rings. The number of nitrogens with one attached hydrogen (secondary N) is 1. The van der Waals surface area contributed by atoms with Gasteiger partial charge in [-0.05, 0) is 86.0 Å². The molecule has 0 fully saturated rings. The lowest BCUT2D eigenvalue weighted by Crippen LogP contribution is -2.38. The number of halogens is 6. The Morgan fingerprint density at radius 1 is 1.14 bits per heavy atom. The van der Waals surface area contributed by atoms with Gasteiger partial charge < -0.3 is 10.1 Å². The van der Waals surface area contributed by atoms with Crippen LogP contribution >= 0.6 is 46.8 Å². The van der Waals surface area contributed by atoms with Crippen molar-refractivity contribution in [2.75, 3.05) is 0 Å². The third-order valence-corrected chi connectivity index (χ3v) is 8.31. The molecule has 0 saturated carbocycles. The molecule has 0 bridgehead atoms. The van der Waals surface area contributed by atoms with Crippen LogP contribution in [-0.4, -0.2) is 23.6 Å². The van der Waals surface area contributed by atoms with Crippen molar-refractivity contribution in [2.24, 2.45) is 4.40 Å². The summed E-state index contributed by atoms with van der Waals surface area (Å²) < 4.78 is 50.4. The molecule has 1 aliphatic carbocycles. The highest BCUT2D eigenvalue weighted by atomic mass is 35.5. The highest BCUT2D eigenvalue weighted by Crippen LogP contribution is 2.57. The van der Waals surface area contributed by atoms with E-state index in [4.69, 9.17) is 39.5 Å². The number of benzene rings is 2. The Hall–Kier alpha value is -1.61. The number of hydrogen-bond donors (Lipinski definition) is 1. The normalized spacial score (nSPS) is 22.1. The molecule has 0 spiro atoms. The maximum absolute atomic E-state index is 14.4. The number of aryl methyl sites for hydroxylation is 1. The predicted octanol–water partition coefficient (Wildman–Crippen LogP) is 8.46. The van der Waals surface area contributed by atoms with Gasteiger partial charge in [0.05, 0.1) is 26.8 Å². The van der Waals surface area contributed by atoms with Crippen molar-refractivity contribution in [3.05, 3.63) is 67.7 Å². The number of fused-ring (bicyclic) bond motifs is 1. The highest BCUT2D eigenvalue weighted by Gasteiger charge is 2.60. The van der Waals surface area contributed by atoms with E-state index < -0.39 is 22.6 Å². The largest absolute Gasteiger partial charge is 0.444 e. The second-order valence-electron chi connectivity index (χ2n) is 9.54. The van der Waals surface area contributed by atoms with Gasteiger partial charge in [0.25, 0.3) is 0 Å². The SMILES string of the molecule is CC(C)(C)OC(=O)NC1CCc2cc(C3=NS[C@@](c4cc(Cl)c(Cl)c(Cl)c4)(C(F)(F)F)C3)ccc21. The standard InChI is InChI=1S/C24H22Cl3F3N2O2S/c1-22(2,3)34-21(33)31-18-7-5-12-8-13(4-6-15(12)18)19-11-23(35-32-19,24(28,29)30)14-9-16(25)20(27)17(26)10-14/h4,6,8-10,18H,5,7,11H2,1-3H3,(H,31,33)/t18?,23-/m0/s1. The van der Waals surface area contributed by atoms with Gasteiger partial charge in [-0.15, -0.1) is 0 Å². The van der Waals surface area contributed by atoms with Gasteiger partial charge in [0.15, 0.2) is 4.75 Å². The van der Waals surface area contributed by atoms with Crippen molar-refractivity contribution < 1.29 is 22.7 Å². The molecule has 2 atom stereocenters. The minimum atomic E-state index is -4.62. The maximum Gasteiger partial charge on any atom is 0.409 e. The topological polar surface area (TPSA) is 50.7 Å². The van der Waals surface area contributed by atoms with Crippen LogP contribution in [0.25, 0.3) is 0 Å². The molecular formula is C24H22Cl3F3N2O2S. The molecule has 11 heteroatoms. The van der Waals surface area contributed by atoms with E-state index in [2.05, 4.69) is 9.71 Å². The second-order valence-corrected chi connectivity index (χ2v) is 11.8. The van der Waals surface area contributed by atoms with Crippen molar-refractivity contribution in [1.82, 2.24) is 5.32 Å². The number of nitrogens with zero attached hydrogens (tertiary/aromatic N) is 1. The van der Waals surface area contributed by atoms with Crippen LogP contribution in [0.1, 0.15) is 61.9 Å². The number of carbonyl (C=O) groups is 1. The van der Waals surface area contributed by atoms with E-state index in [1.165, 1.54) is 12.1 Å². The zero-order chi connectivity index (χ0) is 25.8. The summed E-state index contributed by atoms with van der Waals surface area (Å²) in [5, 5.41) is 2.78. The summed E-state index contributed by atoms with van der Waals surface area (Å²) in [5.74, 6) is 0. The maximum atomic E-state index is 14.4. The summed E-state index contributed by atoms with van der Waals surface area (Å²) >= 11 is 18.5. The molecule has 1 amide bonds. The van der Waals surface area contributed by atoms with Crippen molar-refractivity contribution in [3.8, 4) is 0 Å². The van der Waals surface area contributed by atoms with Gasteiger partial charge in [-0.3, -0.25) is 0 Å². The fourth-order valence-electron chi connectivity index (χ4n) is 4.24. The number of hydrogen-bond acceptors (Lipinski definition) is 4. The molecule has 0 aromatic heterocycles. The van der Waals surface area contributed by atoms with Crippen LogP contribution in [0.5, 0.6) is 0 Å². The first-order valence-corrected chi connectivity index (χ1v) is 12.7. The van der Waals surface area contributed by atoms with Crippen LogP contribution < -0.4 is 5.32 Å². The van der Waals surface area contributed by atoms with Crippen LogP contribution in [0.15, 0.2) is 34.7 Å². The third-order valence-electron chi connectivity index (χ3n) is 5.88. The second kappa shape index (κ2) is 9.36. The molecule has 1 N–H and O–H groups in total. The summed E-state index contributed by atoms with van der Waals surface area (Å²) in [6.45, 7) is 5.36. The minimum absolute atomic E-state index is 0.00622. The van der Waals surface area contributed by atoms with Crippen LogP contribution in [0.3, 0.4) is 0 Å². The first-order valence-electron chi connectivity index (χ1n) is 10.8. The zero-order valence-corrected chi connectivity index (χ0v) is 22.1. The summed E-state index contributed by atoms with van der Waals surface area (Å²) in [6.07, 6.45) is -4.16. The molecule has 1 aliphatic heterocycles. The van der Waals surface area contributed by atoms with Gasteiger partial charge in [-0.2, -0.15) is 13.2 Å². The Morgan fingerprint density at radius 2 is 1.80 bits per heavy atom. The summed E-state index contributed by atoms with van der Waals surface area (Å²) in [6, 6.07) is 7.59. The molecule has 35 heavy (non-hydrogen) atoms. The Balaban J connectivity index is 1.58. The van der Waals surface area contributed by atoms with Crippen LogP contribution in [0.2, 0.25) is 15.1 Å². The van der Waals surface area contributed by atoms with Gasteiger partial charge in [0, 0.05) is 6.42 Å². The van der Waals surface area contributed by atoms with Gasteiger partial charge in [-0.1, -0.05) is 46.9 Å². The fourth-order valence-corrected chi connectivity index (χ4v) is 5.80. The third kappa shape index (κ3) is 5.26. The lowest BCUT2D eigenvalue weighted by Gasteiger charge is -2.30. The zero-order valence-electron chi connectivity index (χ0n) is 19.0. The number of carbonyl (C=O) groups excluding carboxylic acids is 1. The van der Waals surface area contributed by atoms with E-state index in [0.29, 0.717) is 36.1 Å². The first kappa shape index (κ1) is 26.5. The van der Waals surface area contributed by atoms with E-state index in [1.807, 2.05) is 12.1 Å². The Morgan fingerprint density at radius 3 is 2.40 bits per heavy atom. The molecule has 2 aliphatic rings. The smallest absolute Gasteiger partial charge is 0.409 e. The summed E-state index contributed by atoms with van der Waals surface area (Å²) in [4.78, 5) is 12.2. The lowest BCUT2D eigenvalue weighted by molar-refractivity contribution is -0.159. The molecule has 2 aromatic carbocycles. The Bertz CT molecular complexity index is 1190. The van der Waals surface area contributed by atoms with Gasteiger partial charge in [0.1, 0.15) is 5.60 Å². The quantitative estimate of drug-likeness (QED) is 0.300.